The van der Waals surface area contributed by atoms with Crippen LogP contribution >= 0.6 is 0 Å². The highest BCUT2D eigenvalue weighted by molar-refractivity contribution is 5.64. The molecule has 6 nitrogen and oxygen atoms in total. The molecular weight excluding hydrogens is 397 g/mol. The van der Waals surface area contributed by atoms with Crippen LogP contribution < -0.4 is 0 Å². The van der Waals surface area contributed by atoms with E-state index >= 15 is 0 Å². The first-order valence-electron chi connectivity index (χ1n) is 9.73. The normalized spacial score (nSPS) is 11.3. The predicted octanol–water partition coefficient (Wildman–Crippen LogP) is 4.72. The summed E-state index contributed by atoms with van der Waals surface area (Å²) in [6.07, 6.45) is 3.95. The molecule has 3 heterocycles. The van der Waals surface area contributed by atoms with Gasteiger partial charge in [-0.05, 0) is 29.8 Å². The van der Waals surface area contributed by atoms with Crippen LogP contribution in [0.15, 0.2) is 77.5 Å². The molecule has 0 unspecified atom stereocenters. The smallest absolute Gasteiger partial charge is 0.219 e. The van der Waals surface area contributed by atoms with Crippen LogP contribution in [0.1, 0.15) is 22.7 Å². The SMILES string of the molecule is Oc1cc(F)cc(-c2cn3c(O)c(Cc4ccco4)nc3c(Cc3ccccc3)n2)c1. The van der Waals surface area contributed by atoms with Crippen molar-refractivity contribution >= 4 is 5.65 Å². The molecule has 0 radical (unpaired) electrons. The van der Waals surface area contributed by atoms with Crippen LogP contribution in [0.4, 0.5) is 4.39 Å². The van der Waals surface area contributed by atoms with Gasteiger partial charge >= 0.3 is 0 Å². The van der Waals surface area contributed by atoms with Gasteiger partial charge in [-0.2, -0.15) is 0 Å². The number of fused-ring (bicyclic) bond motifs is 1. The molecule has 2 aromatic carbocycles. The van der Waals surface area contributed by atoms with Gasteiger partial charge in [0.05, 0.1) is 24.1 Å². The number of hydrogen-bond donors (Lipinski definition) is 2. The first kappa shape index (κ1) is 18.9. The van der Waals surface area contributed by atoms with Gasteiger partial charge in [0.1, 0.15) is 23.0 Å². The zero-order valence-electron chi connectivity index (χ0n) is 16.4. The molecule has 0 aliphatic rings. The molecule has 7 heteroatoms. The van der Waals surface area contributed by atoms with Gasteiger partial charge < -0.3 is 14.6 Å². The average Bonchev–Trinajstić information content (AvgIpc) is 3.37. The molecule has 31 heavy (non-hydrogen) atoms. The monoisotopic (exact) mass is 415 g/mol. The van der Waals surface area contributed by atoms with Crippen LogP contribution in [0, 0.1) is 5.82 Å². The van der Waals surface area contributed by atoms with Crippen molar-refractivity contribution in [2.75, 3.05) is 0 Å². The quantitative estimate of drug-likeness (QED) is 0.434. The van der Waals surface area contributed by atoms with Crippen LogP contribution in [0.25, 0.3) is 16.9 Å². The number of imidazole rings is 1. The van der Waals surface area contributed by atoms with Crippen molar-refractivity contribution in [1.82, 2.24) is 14.4 Å². The summed E-state index contributed by atoms with van der Waals surface area (Å²) >= 11 is 0. The second kappa shape index (κ2) is 7.60. The largest absolute Gasteiger partial charge is 0.508 e. The number of rotatable bonds is 5. The van der Waals surface area contributed by atoms with Crippen LogP contribution in [-0.4, -0.2) is 24.6 Å². The Morgan fingerprint density at radius 3 is 2.48 bits per heavy atom. The first-order chi connectivity index (χ1) is 15.1. The Balaban J connectivity index is 1.68. The third-order valence-electron chi connectivity index (χ3n) is 5.03. The van der Waals surface area contributed by atoms with E-state index in [0.29, 0.717) is 46.9 Å². The molecule has 3 aromatic heterocycles. The Bertz CT molecular complexity index is 1340. The van der Waals surface area contributed by atoms with Crippen molar-refractivity contribution < 1.29 is 19.0 Å². The van der Waals surface area contributed by atoms with Gasteiger partial charge in [0.25, 0.3) is 0 Å². The number of halogens is 1. The third-order valence-corrected chi connectivity index (χ3v) is 5.03. The second-order valence-electron chi connectivity index (χ2n) is 7.27. The van der Waals surface area contributed by atoms with E-state index in [2.05, 4.69) is 4.98 Å². The summed E-state index contributed by atoms with van der Waals surface area (Å²) in [4.78, 5) is 9.32. The molecule has 0 amide bonds. The zero-order chi connectivity index (χ0) is 21.4. The fraction of sp³-hybridized carbons (Fsp3) is 0.0833. The van der Waals surface area contributed by atoms with Gasteiger partial charge in [-0.25, -0.2) is 14.4 Å². The number of benzene rings is 2. The number of phenols is 1. The van der Waals surface area contributed by atoms with E-state index in [1.807, 2.05) is 36.4 Å². The summed E-state index contributed by atoms with van der Waals surface area (Å²) in [5.74, 6) is -0.138. The molecule has 5 rings (SSSR count). The Morgan fingerprint density at radius 2 is 1.74 bits per heavy atom. The van der Waals surface area contributed by atoms with E-state index in [4.69, 9.17) is 9.40 Å². The Hall–Kier alpha value is -4.13. The highest BCUT2D eigenvalue weighted by Gasteiger charge is 2.19. The van der Waals surface area contributed by atoms with Gasteiger partial charge in [-0.15, -0.1) is 0 Å². The maximum absolute atomic E-state index is 13.9. The molecule has 154 valence electrons. The van der Waals surface area contributed by atoms with Crippen LogP contribution in [0.2, 0.25) is 0 Å². The summed E-state index contributed by atoms with van der Waals surface area (Å²) in [5.41, 5.74) is 3.40. The van der Waals surface area contributed by atoms with E-state index in [0.717, 1.165) is 11.6 Å². The van der Waals surface area contributed by atoms with Crippen molar-refractivity contribution in [2.24, 2.45) is 0 Å². The molecule has 0 aliphatic heterocycles. The highest BCUT2D eigenvalue weighted by Crippen LogP contribution is 2.30. The maximum Gasteiger partial charge on any atom is 0.219 e. The van der Waals surface area contributed by atoms with Crippen molar-refractivity contribution in [1.29, 1.82) is 0 Å². The van der Waals surface area contributed by atoms with E-state index in [1.54, 1.807) is 22.9 Å². The molecule has 2 N–H and O–H groups in total. The number of hydrogen-bond acceptors (Lipinski definition) is 5. The molecule has 0 atom stereocenters. The van der Waals surface area contributed by atoms with E-state index < -0.39 is 5.82 Å². The summed E-state index contributed by atoms with van der Waals surface area (Å²) in [6, 6.07) is 17.1. The Morgan fingerprint density at radius 1 is 0.903 bits per heavy atom. The van der Waals surface area contributed by atoms with Crippen LogP contribution in [-0.2, 0) is 12.8 Å². The lowest BCUT2D eigenvalue weighted by molar-refractivity contribution is 0.438. The standard InChI is InChI=1S/C24H18FN3O3/c25-17-10-16(11-18(29)12-17)22-14-28-23(20(26-22)9-15-5-2-1-3-6-15)27-21(24(28)30)13-19-7-4-8-31-19/h1-8,10-12,14,29-30H,9,13H2. The highest BCUT2D eigenvalue weighted by atomic mass is 19.1. The minimum absolute atomic E-state index is 0.0370. The van der Waals surface area contributed by atoms with Gasteiger partial charge in [0.2, 0.25) is 5.88 Å². The number of furan rings is 1. The zero-order valence-corrected chi connectivity index (χ0v) is 16.4. The van der Waals surface area contributed by atoms with Crippen molar-refractivity contribution in [3.63, 3.8) is 0 Å². The average molecular weight is 415 g/mol. The summed E-state index contributed by atoms with van der Waals surface area (Å²) in [7, 11) is 0. The topological polar surface area (TPSA) is 83.8 Å². The van der Waals surface area contributed by atoms with Crippen LogP contribution in [0.5, 0.6) is 11.6 Å². The lowest BCUT2D eigenvalue weighted by Gasteiger charge is -2.09. The lowest BCUT2D eigenvalue weighted by atomic mass is 10.1. The lowest BCUT2D eigenvalue weighted by Crippen LogP contribution is -2.01. The molecule has 0 saturated carbocycles. The minimum atomic E-state index is -0.574. The van der Waals surface area contributed by atoms with E-state index in [9.17, 15) is 14.6 Å². The van der Waals surface area contributed by atoms with Crippen molar-refractivity contribution in [3.05, 3.63) is 102 Å². The van der Waals surface area contributed by atoms with E-state index in [1.165, 1.54) is 12.1 Å². The van der Waals surface area contributed by atoms with Crippen molar-refractivity contribution in [2.45, 2.75) is 12.8 Å². The molecule has 0 fully saturated rings. The van der Waals surface area contributed by atoms with Crippen molar-refractivity contribution in [3.8, 4) is 22.9 Å². The summed E-state index contributed by atoms with van der Waals surface area (Å²) in [5, 5.41) is 20.7. The number of aromatic nitrogens is 3. The first-order valence-corrected chi connectivity index (χ1v) is 9.73. The number of nitrogens with zero attached hydrogens (tertiary/aromatic N) is 3. The minimum Gasteiger partial charge on any atom is -0.508 e. The summed E-state index contributed by atoms with van der Waals surface area (Å²) in [6.45, 7) is 0. The number of phenolic OH excluding ortho intramolecular Hbond substituents is 1. The van der Waals surface area contributed by atoms with E-state index in [-0.39, 0.29) is 11.6 Å². The maximum atomic E-state index is 13.9. The molecule has 0 saturated heterocycles. The fourth-order valence-corrected chi connectivity index (χ4v) is 3.61. The Kier molecular flexibility index (Phi) is 4.63. The fourth-order valence-electron chi connectivity index (χ4n) is 3.61. The molecular formula is C24H18FN3O3. The second-order valence-corrected chi connectivity index (χ2v) is 7.27. The summed E-state index contributed by atoms with van der Waals surface area (Å²) < 4.78 is 20.8. The number of aromatic hydroxyl groups is 2. The predicted molar refractivity (Wildman–Crippen MR) is 112 cm³/mol. The van der Waals surface area contributed by atoms with Gasteiger partial charge in [-0.3, -0.25) is 4.40 Å². The van der Waals surface area contributed by atoms with Crippen LogP contribution in [0.3, 0.4) is 0 Å². The molecule has 0 aliphatic carbocycles. The van der Waals surface area contributed by atoms with Gasteiger partial charge in [0.15, 0.2) is 5.65 Å². The van der Waals surface area contributed by atoms with Gasteiger partial charge in [0, 0.05) is 24.2 Å². The van der Waals surface area contributed by atoms with Gasteiger partial charge in [-0.1, -0.05) is 30.3 Å². The molecule has 0 spiro atoms. The molecule has 0 bridgehead atoms. The Labute approximate surface area is 176 Å². The third kappa shape index (κ3) is 3.73. The molecule has 5 aromatic rings.